The lowest BCUT2D eigenvalue weighted by Gasteiger charge is -2.12. The van der Waals surface area contributed by atoms with Crippen LogP contribution in [0.2, 0.25) is 0 Å². The Hall–Kier alpha value is -2.96. The van der Waals surface area contributed by atoms with E-state index in [1.165, 1.54) is 0 Å². The summed E-state index contributed by atoms with van der Waals surface area (Å²) in [6.45, 7) is 4.60. The zero-order chi connectivity index (χ0) is 16.8. The smallest absolute Gasteiger partial charge is 0.338 e. The summed E-state index contributed by atoms with van der Waals surface area (Å²) in [4.78, 5) is 23.0. The molecule has 1 aromatic carbocycles. The number of carboxylic acid groups (broad SMARTS) is 1. The van der Waals surface area contributed by atoms with Gasteiger partial charge in [0.2, 0.25) is 0 Å². The summed E-state index contributed by atoms with van der Waals surface area (Å²) in [5.41, 5.74) is 0.319. The number of aromatic carboxylic acids is 1. The number of carbonyl (C=O) groups is 2. The Morgan fingerprint density at radius 3 is 2.52 bits per heavy atom. The molecule has 0 unspecified atom stereocenters. The van der Waals surface area contributed by atoms with Gasteiger partial charge in [0.25, 0.3) is 5.91 Å². The van der Waals surface area contributed by atoms with Crippen molar-refractivity contribution in [3.05, 3.63) is 41.9 Å². The fraction of sp³-hybridized carbons (Fsp3) is 0.250. The minimum absolute atomic E-state index is 0.0942. The van der Waals surface area contributed by atoms with Crippen LogP contribution in [-0.4, -0.2) is 30.2 Å². The van der Waals surface area contributed by atoms with Crippen LogP contribution in [-0.2, 0) is 0 Å². The number of benzene rings is 1. The molecule has 1 amide bonds. The van der Waals surface area contributed by atoms with Crippen LogP contribution in [0.15, 0.2) is 34.9 Å². The van der Waals surface area contributed by atoms with Crippen molar-refractivity contribution in [2.75, 3.05) is 18.5 Å². The number of carbonyl (C=O) groups excluding carboxylic acids is 1. The standard InChI is InChI=1S/C16H17NO6/c1-3-21-11-5-6-13(22-4-2)12(8-11)17-15(18)14-7-10(9-23-14)16(19)20/h5-9H,3-4H2,1-2H3,(H,17,18)(H,19,20). The molecular formula is C16H17NO6. The minimum Gasteiger partial charge on any atom is -0.494 e. The summed E-state index contributed by atoms with van der Waals surface area (Å²) in [6, 6.07) is 6.21. The molecule has 0 atom stereocenters. The Morgan fingerprint density at radius 1 is 1.17 bits per heavy atom. The fourth-order valence-corrected chi connectivity index (χ4v) is 1.90. The van der Waals surface area contributed by atoms with Gasteiger partial charge in [-0.25, -0.2) is 4.79 Å². The van der Waals surface area contributed by atoms with E-state index >= 15 is 0 Å². The third-order valence-electron chi connectivity index (χ3n) is 2.88. The molecule has 2 rings (SSSR count). The van der Waals surface area contributed by atoms with Crippen molar-refractivity contribution >= 4 is 17.6 Å². The number of ether oxygens (including phenoxy) is 2. The highest BCUT2D eigenvalue weighted by Gasteiger charge is 2.17. The number of furan rings is 1. The van der Waals surface area contributed by atoms with E-state index in [2.05, 4.69) is 5.32 Å². The lowest BCUT2D eigenvalue weighted by atomic mass is 10.2. The zero-order valence-electron chi connectivity index (χ0n) is 12.8. The monoisotopic (exact) mass is 319 g/mol. The van der Waals surface area contributed by atoms with Gasteiger partial charge >= 0.3 is 5.97 Å². The first-order valence-electron chi connectivity index (χ1n) is 7.08. The molecule has 0 saturated heterocycles. The van der Waals surface area contributed by atoms with Crippen molar-refractivity contribution in [3.63, 3.8) is 0 Å². The first-order chi connectivity index (χ1) is 11.0. The molecule has 0 saturated carbocycles. The van der Waals surface area contributed by atoms with Gasteiger partial charge in [0.15, 0.2) is 5.76 Å². The summed E-state index contributed by atoms with van der Waals surface area (Å²) < 4.78 is 15.8. The van der Waals surface area contributed by atoms with Crippen molar-refractivity contribution in [3.8, 4) is 11.5 Å². The average molecular weight is 319 g/mol. The van der Waals surface area contributed by atoms with Gasteiger partial charge in [-0.15, -0.1) is 0 Å². The second kappa shape index (κ2) is 7.35. The number of carboxylic acids is 1. The Morgan fingerprint density at radius 2 is 1.91 bits per heavy atom. The van der Waals surface area contributed by atoms with E-state index in [4.69, 9.17) is 19.0 Å². The Bertz CT molecular complexity index is 706. The number of hydrogen-bond acceptors (Lipinski definition) is 5. The second-order valence-electron chi connectivity index (χ2n) is 4.48. The molecule has 2 N–H and O–H groups in total. The predicted octanol–water partition coefficient (Wildman–Crippen LogP) is 3.03. The van der Waals surface area contributed by atoms with E-state index in [9.17, 15) is 9.59 Å². The maximum absolute atomic E-state index is 12.2. The summed E-state index contributed by atoms with van der Waals surface area (Å²) >= 11 is 0. The first-order valence-corrected chi connectivity index (χ1v) is 7.08. The minimum atomic E-state index is -1.17. The molecule has 0 spiro atoms. The van der Waals surface area contributed by atoms with Gasteiger partial charge in [0.1, 0.15) is 17.8 Å². The van der Waals surface area contributed by atoms with E-state index in [1.54, 1.807) is 18.2 Å². The van der Waals surface area contributed by atoms with E-state index in [0.717, 1.165) is 12.3 Å². The lowest BCUT2D eigenvalue weighted by molar-refractivity contribution is 0.0696. The predicted molar refractivity (Wildman–Crippen MR) is 82.4 cm³/mol. The van der Waals surface area contributed by atoms with Crippen LogP contribution in [0.3, 0.4) is 0 Å². The maximum Gasteiger partial charge on any atom is 0.338 e. The average Bonchev–Trinajstić information content (AvgIpc) is 3.00. The van der Waals surface area contributed by atoms with Crippen LogP contribution in [0.5, 0.6) is 11.5 Å². The molecule has 1 aromatic heterocycles. The van der Waals surface area contributed by atoms with Crippen molar-refractivity contribution in [2.45, 2.75) is 13.8 Å². The van der Waals surface area contributed by atoms with Crippen LogP contribution >= 0.6 is 0 Å². The van der Waals surface area contributed by atoms with E-state index < -0.39 is 11.9 Å². The van der Waals surface area contributed by atoms with Crippen LogP contribution < -0.4 is 14.8 Å². The molecule has 0 fully saturated rings. The molecule has 0 bridgehead atoms. The number of hydrogen-bond donors (Lipinski definition) is 2. The van der Waals surface area contributed by atoms with Gasteiger partial charge in [-0.3, -0.25) is 4.79 Å². The SMILES string of the molecule is CCOc1ccc(OCC)c(NC(=O)c2cc(C(=O)O)co2)c1. The molecule has 0 aliphatic carbocycles. The molecule has 7 nitrogen and oxygen atoms in total. The molecule has 122 valence electrons. The summed E-state index contributed by atoms with van der Waals surface area (Å²) in [6.07, 6.45) is 1.01. The third kappa shape index (κ3) is 4.03. The van der Waals surface area contributed by atoms with Crippen LogP contribution in [0, 0.1) is 0 Å². The Labute approximate surface area is 132 Å². The molecule has 1 heterocycles. The van der Waals surface area contributed by atoms with Crippen LogP contribution in [0.25, 0.3) is 0 Å². The van der Waals surface area contributed by atoms with Crippen molar-refractivity contribution in [1.82, 2.24) is 0 Å². The number of amides is 1. The van der Waals surface area contributed by atoms with Crippen molar-refractivity contribution in [2.24, 2.45) is 0 Å². The number of anilines is 1. The quantitative estimate of drug-likeness (QED) is 0.814. The molecule has 23 heavy (non-hydrogen) atoms. The number of nitrogens with one attached hydrogen (secondary N) is 1. The Kier molecular flexibility index (Phi) is 5.24. The molecular weight excluding hydrogens is 302 g/mol. The van der Waals surface area contributed by atoms with Crippen molar-refractivity contribution in [1.29, 1.82) is 0 Å². The van der Waals surface area contributed by atoms with E-state index in [0.29, 0.717) is 30.4 Å². The van der Waals surface area contributed by atoms with Gasteiger partial charge in [-0.1, -0.05) is 0 Å². The van der Waals surface area contributed by atoms with Crippen molar-refractivity contribution < 1.29 is 28.6 Å². The topological polar surface area (TPSA) is 98.0 Å². The van der Waals surface area contributed by atoms with E-state index in [1.807, 2.05) is 13.8 Å². The van der Waals surface area contributed by atoms with Gasteiger partial charge in [0.05, 0.1) is 24.5 Å². The lowest BCUT2D eigenvalue weighted by Crippen LogP contribution is -2.12. The molecule has 7 heteroatoms. The van der Waals surface area contributed by atoms with Gasteiger partial charge < -0.3 is 24.3 Å². The molecule has 0 aliphatic heterocycles. The second-order valence-corrected chi connectivity index (χ2v) is 4.48. The largest absolute Gasteiger partial charge is 0.494 e. The highest BCUT2D eigenvalue weighted by molar-refractivity contribution is 6.04. The van der Waals surface area contributed by atoms with Crippen LogP contribution in [0.1, 0.15) is 34.8 Å². The summed E-state index contributed by atoms with van der Waals surface area (Å²) in [5.74, 6) is -0.786. The number of rotatable bonds is 7. The fourth-order valence-electron chi connectivity index (χ4n) is 1.90. The molecule has 2 aromatic rings. The van der Waals surface area contributed by atoms with Gasteiger partial charge in [0, 0.05) is 12.1 Å². The summed E-state index contributed by atoms with van der Waals surface area (Å²) in [5, 5.41) is 11.5. The van der Waals surface area contributed by atoms with Gasteiger partial charge in [-0.05, 0) is 26.0 Å². The zero-order valence-corrected chi connectivity index (χ0v) is 12.8. The first kappa shape index (κ1) is 16.4. The molecule has 0 aliphatic rings. The highest BCUT2D eigenvalue weighted by Crippen LogP contribution is 2.30. The third-order valence-corrected chi connectivity index (χ3v) is 2.88. The summed E-state index contributed by atoms with van der Waals surface area (Å²) in [7, 11) is 0. The normalized spacial score (nSPS) is 10.2. The van der Waals surface area contributed by atoms with Gasteiger partial charge in [-0.2, -0.15) is 0 Å². The molecule has 0 radical (unpaired) electrons. The Balaban J connectivity index is 2.23. The van der Waals surface area contributed by atoms with Crippen LogP contribution in [0.4, 0.5) is 5.69 Å². The maximum atomic E-state index is 12.2. The van der Waals surface area contributed by atoms with E-state index in [-0.39, 0.29) is 11.3 Å². The highest BCUT2D eigenvalue weighted by atomic mass is 16.5.